The molecule has 5 heteroatoms. The Bertz CT molecular complexity index is 254. The maximum Gasteiger partial charge on any atom is 0.220 e. The molecule has 19 heavy (non-hydrogen) atoms. The number of amides is 1. The summed E-state index contributed by atoms with van der Waals surface area (Å²) in [4.78, 5) is 22.5. The van der Waals surface area contributed by atoms with Crippen LogP contribution in [0.3, 0.4) is 0 Å². The number of ether oxygens (including phenoxy) is 2. The number of carbonyl (C=O) groups excluding carboxylic acids is 2. The average Bonchev–Trinajstić information content (AvgIpc) is 2.38. The molecular formula is C14H27NO4. The van der Waals surface area contributed by atoms with Crippen LogP contribution in [0.4, 0.5) is 0 Å². The summed E-state index contributed by atoms with van der Waals surface area (Å²) in [5.74, 6) is 0.187. The van der Waals surface area contributed by atoms with E-state index in [9.17, 15) is 9.59 Å². The molecule has 0 saturated carbocycles. The standard InChI is InChI=1S/C14H27NO4/c1-4-5-6-14(17)15-7-8-18-9-10-19-11-13(16)12(2)3/h12H,4-11H2,1-3H3,(H,15,17). The zero-order valence-corrected chi connectivity index (χ0v) is 12.4. The van der Waals surface area contributed by atoms with Crippen molar-refractivity contribution >= 4 is 11.7 Å². The van der Waals surface area contributed by atoms with Gasteiger partial charge in [-0.15, -0.1) is 0 Å². The van der Waals surface area contributed by atoms with Crippen molar-refractivity contribution in [2.45, 2.75) is 40.0 Å². The van der Waals surface area contributed by atoms with Gasteiger partial charge in [0.25, 0.3) is 0 Å². The lowest BCUT2D eigenvalue weighted by Gasteiger charge is -2.07. The van der Waals surface area contributed by atoms with Gasteiger partial charge in [-0.1, -0.05) is 27.2 Å². The summed E-state index contributed by atoms with van der Waals surface area (Å²) in [6.07, 6.45) is 2.53. The Morgan fingerprint density at radius 2 is 1.79 bits per heavy atom. The Morgan fingerprint density at radius 1 is 1.11 bits per heavy atom. The van der Waals surface area contributed by atoms with Crippen molar-refractivity contribution in [1.29, 1.82) is 0 Å². The van der Waals surface area contributed by atoms with E-state index in [0.717, 1.165) is 12.8 Å². The molecule has 0 radical (unpaired) electrons. The molecule has 0 fully saturated rings. The summed E-state index contributed by atoms with van der Waals surface area (Å²) in [6, 6.07) is 0. The van der Waals surface area contributed by atoms with Gasteiger partial charge in [0, 0.05) is 18.9 Å². The monoisotopic (exact) mass is 273 g/mol. The summed E-state index contributed by atoms with van der Waals surface area (Å²) in [7, 11) is 0. The first kappa shape index (κ1) is 18.1. The molecule has 0 spiro atoms. The van der Waals surface area contributed by atoms with Crippen molar-refractivity contribution < 1.29 is 19.1 Å². The second-order valence-corrected chi connectivity index (χ2v) is 4.74. The number of rotatable bonds is 12. The van der Waals surface area contributed by atoms with Crippen LogP contribution in [0, 0.1) is 5.92 Å². The van der Waals surface area contributed by atoms with Gasteiger partial charge in [0.1, 0.15) is 6.61 Å². The van der Waals surface area contributed by atoms with E-state index < -0.39 is 0 Å². The third kappa shape index (κ3) is 11.9. The molecule has 0 aliphatic carbocycles. The van der Waals surface area contributed by atoms with Crippen molar-refractivity contribution in [3.63, 3.8) is 0 Å². The van der Waals surface area contributed by atoms with Gasteiger partial charge in [0.2, 0.25) is 5.91 Å². The predicted octanol–water partition coefficient (Wildman–Crippen LogP) is 1.55. The number of carbonyl (C=O) groups is 2. The highest BCUT2D eigenvalue weighted by atomic mass is 16.5. The molecule has 112 valence electrons. The Balaban J connectivity index is 3.23. The number of unbranched alkanes of at least 4 members (excludes halogenated alkanes) is 1. The maximum absolute atomic E-state index is 11.2. The first-order chi connectivity index (χ1) is 9.07. The summed E-state index contributed by atoms with van der Waals surface area (Å²) in [5, 5.41) is 2.78. The van der Waals surface area contributed by atoms with Gasteiger partial charge >= 0.3 is 0 Å². The zero-order valence-electron chi connectivity index (χ0n) is 12.4. The molecule has 0 aromatic heterocycles. The lowest BCUT2D eigenvalue weighted by Crippen LogP contribution is -2.27. The Hall–Kier alpha value is -0.940. The van der Waals surface area contributed by atoms with E-state index in [0.29, 0.717) is 32.8 Å². The van der Waals surface area contributed by atoms with Crippen molar-refractivity contribution in [2.75, 3.05) is 33.0 Å². The van der Waals surface area contributed by atoms with E-state index in [-0.39, 0.29) is 24.2 Å². The fourth-order valence-corrected chi connectivity index (χ4v) is 1.25. The molecular weight excluding hydrogens is 246 g/mol. The minimum absolute atomic E-state index is 0.0132. The van der Waals surface area contributed by atoms with Gasteiger partial charge in [-0.3, -0.25) is 9.59 Å². The lowest BCUT2D eigenvalue weighted by molar-refractivity contribution is -0.127. The molecule has 1 N–H and O–H groups in total. The van der Waals surface area contributed by atoms with Crippen LogP contribution in [0.5, 0.6) is 0 Å². The summed E-state index contributed by atoms with van der Waals surface area (Å²) >= 11 is 0. The van der Waals surface area contributed by atoms with Gasteiger partial charge in [0.05, 0.1) is 19.8 Å². The smallest absolute Gasteiger partial charge is 0.220 e. The fourth-order valence-electron chi connectivity index (χ4n) is 1.25. The predicted molar refractivity (Wildman–Crippen MR) is 74.0 cm³/mol. The molecule has 0 aliphatic heterocycles. The van der Waals surface area contributed by atoms with Crippen LogP contribution in [-0.2, 0) is 19.1 Å². The minimum Gasteiger partial charge on any atom is -0.377 e. The van der Waals surface area contributed by atoms with Crippen molar-refractivity contribution in [3.05, 3.63) is 0 Å². The number of hydrogen-bond acceptors (Lipinski definition) is 4. The van der Waals surface area contributed by atoms with Gasteiger partial charge in [0.15, 0.2) is 5.78 Å². The first-order valence-corrected chi connectivity index (χ1v) is 7.02. The summed E-state index contributed by atoms with van der Waals surface area (Å²) in [6.45, 7) is 7.74. The van der Waals surface area contributed by atoms with Crippen molar-refractivity contribution in [1.82, 2.24) is 5.32 Å². The topological polar surface area (TPSA) is 64.6 Å². The highest BCUT2D eigenvalue weighted by Gasteiger charge is 2.06. The highest BCUT2D eigenvalue weighted by Crippen LogP contribution is 1.94. The van der Waals surface area contributed by atoms with Crippen molar-refractivity contribution in [3.8, 4) is 0 Å². The first-order valence-electron chi connectivity index (χ1n) is 7.02. The molecule has 0 rings (SSSR count). The quantitative estimate of drug-likeness (QED) is 0.548. The number of hydrogen-bond donors (Lipinski definition) is 1. The van der Waals surface area contributed by atoms with E-state index in [1.807, 2.05) is 13.8 Å². The fraction of sp³-hybridized carbons (Fsp3) is 0.857. The third-order valence-corrected chi connectivity index (χ3v) is 2.59. The van der Waals surface area contributed by atoms with E-state index in [1.165, 1.54) is 0 Å². The number of Topliss-reactive ketones (excluding diaryl/α,β-unsaturated/α-hetero) is 1. The van der Waals surface area contributed by atoms with Gasteiger partial charge in [-0.2, -0.15) is 0 Å². The zero-order chi connectivity index (χ0) is 14.5. The molecule has 0 bridgehead atoms. The Labute approximate surface area is 116 Å². The molecule has 0 heterocycles. The molecule has 0 aromatic rings. The molecule has 0 saturated heterocycles. The second kappa shape index (κ2) is 12.1. The third-order valence-electron chi connectivity index (χ3n) is 2.59. The van der Waals surface area contributed by atoms with Crippen LogP contribution in [-0.4, -0.2) is 44.7 Å². The molecule has 0 atom stereocenters. The molecule has 5 nitrogen and oxygen atoms in total. The van der Waals surface area contributed by atoms with Crippen LogP contribution in [0.1, 0.15) is 40.0 Å². The number of nitrogens with one attached hydrogen (secondary N) is 1. The van der Waals surface area contributed by atoms with E-state index in [1.54, 1.807) is 0 Å². The molecule has 0 unspecified atom stereocenters. The molecule has 0 aromatic carbocycles. The lowest BCUT2D eigenvalue weighted by atomic mass is 10.1. The van der Waals surface area contributed by atoms with Crippen LogP contribution in [0.15, 0.2) is 0 Å². The van der Waals surface area contributed by atoms with Crippen LogP contribution in [0.25, 0.3) is 0 Å². The Kier molecular flexibility index (Phi) is 11.5. The number of ketones is 1. The van der Waals surface area contributed by atoms with E-state index in [2.05, 4.69) is 12.2 Å². The van der Waals surface area contributed by atoms with Crippen LogP contribution >= 0.6 is 0 Å². The van der Waals surface area contributed by atoms with E-state index >= 15 is 0 Å². The largest absolute Gasteiger partial charge is 0.377 e. The SMILES string of the molecule is CCCCC(=O)NCCOCCOCC(=O)C(C)C. The van der Waals surface area contributed by atoms with Crippen molar-refractivity contribution in [2.24, 2.45) is 5.92 Å². The normalized spacial score (nSPS) is 10.7. The highest BCUT2D eigenvalue weighted by molar-refractivity contribution is 5.81. The second-order valence-electron chi connectivity index (χ2n) is 4.74. The van der Waals surface area contributed by atoms with Crippen LogP contribution < -0.4 is 5.32 Å². The van der Waals surface area contributed by atoms with Gasteiger partial charge in [-0.25, -0.2) is 0 Å². The Morgan fingerprint density at radius 3 is 2.42 bits per heavy atom. The molecule has 1 amide bonds. The van der Waals surface area contributed by atoms with Gasteiger partial charge < -0.3 is 14.8 Å². The van der Waals surface area contributed by atoms with E-state index in [4.69, 9.17) is 9.47 Å². The molecule has 0 aliphatic rings. The maximum atomic E-state index is 11.2. The summed E-state index contributed by atoms with van der Waals surface area (Å²) in [5.41, 5.74) is 0. The summed E-state index contributed by atoms with van der Waals surface area (Å²) < 4.78 is 10.5. The van der Waals surface area contributed by atoms with Crippen LogP contribution in [0.2, 0.25) is 0 Å². The van der Waals surface area contributed by atoms with Gasteiger partial charge in [-0.05, 0) is 6.42 Å². The minimum atomic E-state index is 0.0132. The average molecular weight is 273 g/mol.